The summed E-state index contributed by atoms with van der Waals surface area (Å²) in [5, 5.41) is 11.0. The van der Waals surface area contributed by atoms with E-state index in [9.17, 15) is 9.59 Å². The van der Waals surface area contributed by atoms with Gasteiger partial charge < -0.3 is 9.52 Å². The second-order valence-corrected chi connectivity index (χ2v) is 8.78. The van der Waals surface area contributed by atoms with E-state index in [4.69, 9.17) is 21.7 Å². The average Bonchev–Trinajstić information content (AvgIpc) is 3.38. The van der Waals surface area contributed by atoms with Crippen LogP contribution in [-0.4, -0.2) is 21.3 Å². The molecule has 0 bridgehead atoms. The summed E-state index contributed by atoms with van der Waals surface area (Å²) in [6.07, 6.45) is 1.68. The number of thioether (sulfide) groups is 1. The maximum Gasteiger partial charge on any atom is 0.335 e. The highest BCUT2D eigenvalue weighted by Crippen LogP contribution is 2.39. The summed E-state index contributed by atoms with van der Waals surface area (Å²) in [6.45, 7) is 0. The molecular formula is C25H15NO4S2. The molecule has 1 N–H and O–H groups in total. The van der Waals surface area contributed by atoms with Crippen LogP contribution in [0.25, 0.3) is 28.2 Å². The van der Waals surface area contributed by atoms with Gasteiger partial charge in [-0.3, -0.25) is 9.69 Å². The van der Waals surface area contributed by atoms with Gasteiger partial charge in [-0.2, -0.15) is 0 Å². The molecule has 0 saturated carbocycles. The van der Waals surface area contributed by atoms with Gasteiger partial charge in [0.1, 0.15) is 11.5 Å². The van der Waals surface area contributed by atoms with E-state index in [1.807, 2.05) is 42.5 Å². The standard InChI is InChI=1S/C25H15NO4S2/c27-23-22(14-18-12-13-21(30-18)16-8-10-17(11-9-16)24(28)29)32-25(31)26(23)20-7-3-5-15-4-1-2-6-19(15)20/h1-14H,(H,28,29)/b22-14+. The number of carboxylic acids is 1. The van der Waals surface area contributed by atoms with Crippen molar-refractivity contribution < 1.29 is 19.1 Å². The van der Waals surface area contributed by atoms with Crippen LogP contribution >= 0.6 is 24.0 Å². The fourth-order valence-corrected chi connectivity index (χ4v) is 4.84. The first-order chi connectivity index (χ1) is 15.5. The third-order valence-corrected chi connectivity index (χ3v) is 6.42. The lowest BCUT2D eigenvalue weighted by molar-refractivity contribution is -0.113. The van der Waals surface area contributed by atoms with E-state index in [-0.39, 0.29) is 11.5 Å². The Morgan fingerprint density at radius 2 is 1.72 bits per heavy atom. The molecule has 0 aliphatic carbocycles. The quantitative estimate of drug-likeness (QED) is 0.290. The maximum absolute atomic E-state index is 13.2. The molecule has 32 heavy (non-hydrogen) atoms. The average molecular weight is 458 g/mol. The molecule has 4 aromatic rings. The number of anilines is 1. The zero-order valence-electron chi connectivity index (χ0n) is 16.5. The highest BCUT2D eigenvalue weighted by Gasteiger charge is 2.34. The first kappa shape index (κ1) is 20.2. The first-order valence-corrected chi connectivity index (χ1v) is 10.9. The highest BCUT2D eigenvalue weighted by molar-refractivity contribution is 8.27. The molecule has 7 heteroatoms. The van der Waals surface area contributed by atoms with Crippen LogP contribution in [0.5, 0.6) is 0 Å². The van der Waals surface area contributed by atoms with Crippen molar-refractivity contribution in [1.82, 2.24) is 0 Å². The van der Waals surface area contributed by atoms with E-state index < -0.39 is 5.97 Å². The number of fused-ring (bicyclic) bond motifs is 1. The molecule has 1 aliphatic heterocycles. The lowest BCUT2D eigenvalue weighted by Gasteiger charge is -2.17. The molecule has 1 aromatic heterocycles. The molecular weight excluding hydrogens is 442 g/mol. The van der Waals surface area contributed by atoms with Crippen LogP contribution in [0.15, 0.2) is 88.2 Å². The number of thiocarbonyl (C=S) groups is 1. The molecule has 1 aliphatic rings. The Bertz CT molecular complexity index is 1410. The Morgan fingerprint density at radius 1 is 0.969 bits per heavy atom. The number of carbonyl (C=O) groups is 2. The number of aromatic carboxylic acids is 1. The molecule has 5 nitrogen and oxygen atoms in total. The van der Waals surface area contributed by atoms with Crippen molar-refractivity contribution in [1.29, 1.82) is 0 Å². The number of carbonyl (C=O) groups excluding carboxylic acids is 1. The van der Waals surface area contributed by atoms with Gasteiger partial charge in [0, 0.05) is 17.0 Å². The van der Waals surface area contributed by atoms with Crippen molar-refractivity contribution in [2.24, 2.45) is 0 Å². The van der Waals surface area contributed by atoms with Gasteiger partial charge in [-0.05, 0) is 35.7 Å². The number of furan rings is 1. The smallest absolute Gasteiger partial charge is 0.335 e. The topological polar surface area (TPSA) is 70.8 Å². The summed E-state index contributed by atoms with van der Waals surface area (Å²) in [5.41, 5.74) is 1.71. The fourth-order valence-electron chi connectivity index (χ4n) is 3.57. The Labute approximate surface area is 193 Å². The molecule has 3 aromatic carbocycles. The van der Waals surface area contributed by atoms with Crippen molar-refractivity contribution in [2.75, 3.05) is 4.90 Å². The monoisotopic (exact) mass is 457 g/mol. The molecule has 2 heterocycles. The Hall–Kier alpha value is -3.68. The Morgan fingerprint density at radius 3 is 2.50 bits per heavy atom. The summed E-state index contributed by atoms with van der Waals surface area (Å²) in [6, 6.07) is 23.6. The normalized spacial score (nSPS) is 15.1. The Balaban J connectivity index is 1.44. The predicted molar refractivity (Wildman–Crippen MR) is 131 cm³/mol. The van der Waals surface area contributed by atoms with E-state index >= 15 is 0 Å². The number of benzene rings is 3. The van der Waals surface area contributed by atoms with Crippen LogP contribution in [0.4, 0.5) is 5.69 Å². The largest absolute Gasteiger partial charge is 0.478 e. The van der Waals surface area contributed by atoms with Crippen molar-refractivity contribution in [3.05, 3.63) is 95.1 Å². The van der Waals surface area contributed by atoms with Gasteiger partial charge in [-0.25, -0.2) is 4.79 Å². The third-order valence-electron chi connectivity index (χ3n) is 5.12. The maximum atomic E-state index is 13.2. The van der Waals surface area contributed by atoms with Crippen molar-refractivity contribution in [3.8, 4) is 11.3 Å². The molecule has 1 amide bonds. The lowest BCUT2D eigenvalue weighted by atomic mass is 10.1. The minimum Gasteiger partial charge on any atom is -0.478 e. The van der Waals surface area contributed by atoms with Gasteiger partial charge in [0.05, 0.1) is 16.2 Å². The van der Waals surface area contributed by atoms with Crippen LogP contribution in [-0.2, 0) is 4.79 Å². The van der Waals surface area contributed by atoms with Crippen molar-refractivity contribution in [2.45, 2.75) is 0 Å². The molecule has 156 valence electrons. The van der Waals surface area contributed by atoms with E-state index in [1.54, 1.807) is 35.2 Å². The van der Waals surface area contributed by atoms with Gasteiger partial charge >= 0.3 is 5.97 Å². The minimum atomic E-state index is -0.982. The Kier molecular flexibility index (Phi) is 5.13. The van der Waals surface area contributed by atoms with E-state index in [0.29, 0.717) is 20.7 Å². The van der Waals surface area contributed by atoms with Crippen molar-refractivity contribution in [3.63, 3.8) is 0 Å². The van der Waals surface area contributed by atoms with Crippen LogP contribution < -0.4 is 4.90 Å². The van der Waals surface area contributed by atoms with Crippen LogP contribution in [0, 0.1) is 0 Å². The van der Waals surface area contributed by atoms with E-state index in [2.05, 4.69) is 0 Å². The molecule has 1 saturated heterocycles. The number of rotatable bonds is 4. The molecule has 5 rings (SSSR count). The fraction of sp³-hybridized carbons (Fsp3) is 0. The van der Waals surface area contributed by atoms with Gasteiger partial charge in [0.2, 0.25) is 0 Å². The molecule has 1 fully saturated rings. The summed E-state index contributed by atoms with van der Waals surface area (Å²) < 4.78 is 6.34. The number of amides is 1. The summed E-state index contributed by atoms with van der Waals surface area (Å²) >= 11 is 6.75. The number of nitrogens with zero attached hydrogens (tertiary/aromatic N) is 1. The van der Waals surface area contributed by atoms with Gasteiger partial charge in [-0.1, -0.05) is 72.5 Å². The first-order valence-electron chi connectivity index (χ1n) is 9.70. The molecule has 0 unspecified atom stereocenters. The second-order valence-electron chi connectivity index (χ2n) is 7.10. The number of hydrogen-bond acceptors (Lipinski definition) is 5. The zero-order valence-corrected chi connectivity index (χ0v) is 18.2. The molecule has 0 spiro atoms. The third kappa shape index (κ3) is 3.62. The highest BCUT2D eigenvalue weighted by atomic mass is 32.2. The SMILES string of the molecule is O=C(O)c1ccc(-c2ccc(/C=C3/SC(=S)N(c4cccc5ccccc45)C3=O)o2)cc1. The van der Waals surface area contributed by atoms with Gasteiger partial charge in [0.15, 0.2) is 4.32 Å². The minimum absolute atomic E-state index is 0.194. The molecule has 0 atom stereocenters. The van der Waals surface area contributed by atoms with Crippen LogP contribution in [0.2, 0.25) is 0 Å². The van der Waals surface area contributed by atoms with Crippen molar-refractivity contribution >= 4 is 62.7 Å². The summed E-state index contributed by atoms with van der Waals surface area (Å²) in [4.78, 5) is 26.3. The molecule has 0 radical (unpaired) electrons. The number of carboxylic acid groups (broad SMARTS) is 1. The van der Waals surface area contributed by atoms with E-state index in [0.717, 1.165) is 22.0 Å². The summed E-state index contributed by atoms with van der Waals surface area (Å²) in [5.74, 6) is -0.0801. The summed E-state index contributed by atoms with van der Waals surface area (Å²) in [7, 11) is 0. The van der Waals surface area contributed by atoms with Crippen LogP contribution in [0.3, 0.4) is 0 Å². The zero-order chi connectivity index (χ0) is 22.2. The van der Waals surface area contributed by atoms with Crippen LogP contribution in [0.1, 0.15) is 16.1 Å². The van der Waals surface area contributed by atoms with E-state index in [1.165, 1.54) is 23.9 Å². The van der Waals surface area contributed by atoms with Gasteiger partial charge in [-0.15, -0.1) is 0 Å². The predicted octanol–water partition coefficient (Wildman–Crippen LogP) is 6.20. The lowest BCUT2D eigenvalue weighted by Crippen LogP contribution is -2.27. The number of hydrogen-bond donors (Lipinski definition) is 1. The van der Waals surface area contributed by atoms with Gasteiger partial charge in [0.25, 0.3) is 5.91 Å². The second kappa shape index (κ2) is 8.11.